The fourth-order valence-corrected chi connectivity index (χ4v) is 1.93. The number of aliphatic hydroxyl groups excluding tert-OH is 1. The number of amides is 2. The molecule has 0 aliphatic rings. The van der Waals surface area contributed by atoms with Crippen molar-refractivity contribution in [3.63, 3.8) is 0 Å². The lowest BCUT2D eigenvalue weighted by Gasteiger charge is -2.18. The van der Waals surface area contributed by atoms with Gasteiger partial charge in [-0.1, -0.05) is 37.3 Å². The molecule has 2 amide bonds. The fraction of sp³-hybridized carbons (Fsp3) is 0.467. The number of benzene rings is 1. The average molecular weight is 294 g/mol. The fourth-order valence-electron chi connectivity index (χ4n) is 1.93. The first-order chi connectivity index (χ1) is 9.91. The molecule has 3 atom stereocenters. The van der Waals surface area contributed by atoms with Crippen LogP contribution in [0.15, 0.2) is 30.3 Å². The maximum atomic E-state index is 11.6. The van der Waals surface area contributed by atoms with Crippen LogP contribution in [0.2, 0.25) is 0 Å². The Morgan fingerprint density at radius 2 is 1.81 bits per heavy atom. The summed E-state index contributed by atoms with van der Waals surface area (Å²) in [5, 5.41) is 23.0. The van der Waals surface area contributed by atoms with Crippen molar-refractivity contribution in [2.75, 3.05) is 6.54 Å². The molecule has 1 aromatic carbocycles. The van der Waals surface area contributed by atoms with E-state index in [0.717, 1.165) is 6.42 Å². The number of aliphatic hydroxyl groups is 1. The third-order valence-corrected chi connectivity index (χ3v) is 3.27. The van der Waals surface area contributed by atoms with Gasteiger partial charge in [0.25, 0.3) is 0 Å². The topological polar surface area (TPSA) is 98.7 Å². The number of nitrogens with one attached hydrogen (secondary N) is 2. The van der Waals surface area contributed by atoms with Crippen molar-refractivity contribution in [1.82, 2.24) is 10.6 Å². The Morgan fingerprint density at radius 3 is 2.33 bits per heavy atom. The van der Waals surface area contributed by atoms with Crippen molar-refractivity contribution in [3.8, 4) is 0 Å². The van der Waals surface area contributed by atoms with Gasteiger partial charge in [0.2, 0.25) is 0 Å². The van der Waals surface area contributed by atoms with Gasteiger partial charge in [-0.15, -0.1) is 0 Å². The van der Waals surface area contributed by atoms with E-state index in [1.54, 1.807) is 0 Å². The van der Waals surface area contributed by atoms with Crippen molar-refractivity contribution < 1.29 is 19.8 Å². The van der Waals surface area contributed by atoms with Crippen LogP contribution in [0.5, 0.6) is 0 Å². The van der Waals surface area contributed by atoms with Crippen LogP contribution in [0.1, 0.15) is 31.7 Å². The van der Waals surface area contributed by atoms with Gasteiger partial charge in [-0.05, 0) is 24.8 Å². The van der Waals surface area contributed by atoms with Crippen LogP contribution in [-0.4, -0.2) is 40.9 Å². The Balaban J connectivity index is 2.35. The number of carbonyl (C=O) groups excluding carboxylic acids is 1. The quantitative estimate of drug-likeness (QED) is 0.609. The van der Waals surface area contributed by atoms with E-state index >= 15 is 0 Å². The molecule has 0 aliphatic carbocycles. The zero-order chi connectivity index (χ0) is 15.8. The van der Waals surface area contributed by atoms with Crippen LogP contribution >= 0.6 is 0 Å². The third-order valence-electron chi connectivity index (χ3n) is 3.27. The third kappa shape index (κ3) is 5.83. The van der Waals surface area contributed by atoms with Crippen LogP contribution in [0.3, 0.4) is 0 Å². The van der Waals surface area contributed by atoms with E-state index in [9.17, 15) is 14.7 Å². The Kier molecular flexibility index (Phi) is 6.68. The smallest absolute Gasteiger partial charge is 0.328 e. The summed E-state index contributed by atoms with van der Waals surface area (Å²) in [6.45, 7) is 3.80. The van der Waals surface area contributed by atoms with E-state index in [0.29, 0.717) is 12.5 Å². The first kappa shape index (κ1) is 17.0. The molecular formula is C15H22N2O4. The minimum Gasteiger partial charge on any atom is -0.480 e. The molecule has 0 aromatic heterocycles. The maximum absolute atomic E-state index is 11.6. The Labute approximate surface area is 124 Å². The Bertz CT molecular complexity index is 462. The highest BCUT2D eigenvalue weighted by atomic mass is 16.4. The minimum atomic E-state index is -1.31. The lowest BCUT2D eigenvalue weighted by Crippen LogP contribution is -2.51. The molecule has 0 spiro atoms. The average Bonchev–Trinajstić information content (AvgIpc) is 2.45. The summed E-state index contributed by atoms with van der Waals surface area (Å²) in [5.74, 6) is -0.976. The van der Waals surface area contributed by atoms with E-state index in [-0.39, 0.29) is 0 Å². The summed E-state index contributed by atoms with van der Waals surface area (Å²) in [7, 11) is 0. The number of carboxylic acid groups (broad SMARTS) is 1. The molecular weight excluding hydrogens is 272 g/mol. The SMILES string of the molecule is CC(CCNC(=O)NC(C(=O)O)C(C)O)c1ccccc1. The second kappa shape index (κ2) is 8.26. The standard InChI is InChI=1S/C15H22N2O4/c1-10(12-6-4-3-5-7-12)8-9-16-15(21)17-13(11(2)18)14(19)20/h3-7,10-11,13,18H,8-9H2,1-2H3,(H,19,20)(H2,16,17,21). The van der Waals surface area contributed by atoms with Crippen LogP contribution in [0.25, 0.3) is 0 Å². The highest BCUT2D eigenvalue weighted by molar-refractivity contribution is 5.82. The van der Waals surface area contributed by atoms with Gasteiger partial charge < -0.3 is 20.8 Å². The van der Waals surface area contributed by atoms with E-state index in [1.807, 2.05) is 30.3 Å². The van der Waals surface area contributed by atoms with E-state index in [2.05, 4.69) is 17.6 Å². The van der Waals surface area contributed by atoms with Gasteiger partial charge in [0.15, 0.2) is 6.04 Å². The molecule has 1 rings (SSSR count). The van der Waals surface area contributed by atoms with Crippen molar-refractivity contribution in [2.45, 2.75) is 38.3 Å². The van der Waals surface area contributed by atoms with E-state index in [1.165, 1.54) is 12.5 Å². The van der Waals surface area contributed by atoms with Crippen molar-refractivity contribution >= 4 is 12.0 Å². The van der Waals surface area contributed by atoms with Crippen LogP contribution in [0, 0.1) is 0 Å². The molecule has 0 saturated heterocycles. The molecule has 0 saturated carbocycles. The number of carbonyl (C=O) groups is 2. The van der Waals surface area contributed by atoms with Crippen LogP contribution < -0.4 is 10.6 Å². The number of carboxylic acids is 1. The molecule has 0 radical (unpaired) electrons. The molecule has 1 aromatic rings. The van der Waals surface area contributed by atoms with Gasteiger partial charge in [-0.2, -0.15) is 0 Å². The lowest BCUT2D eigenvalue weighted by atomic mass is 9.98. The van der Waals surface area contributed by atoms with Gasteiger partial charge in [0, 0.05) is 6.54 Å². The zero-order valence-corrected chi connectivity index (χ0v) is 12.2. The molecule has 0 aliphatic heterocycles. The van der Waals surface area contributed by atoms with Crippen molar-refractivity contribution in [1.29, 1.82) is 0 Å². The molecule has 0 bridgehead atoms. The summed E-state index contributed by atoms with van der Waals surface area (Å²) in [6.07, 6.45) is -0.416. The summed E-state index contributed by atoms with van der Waals surface area (Å²) in [6, 6.07) is 8.03. The molecule has 3 unspecified atom stereocenters. The van der Waals surface area contributed by atoms with Crippen molar-refractivity contribution in [3.05, 3.63) is 35.9 Å². The summed E-state index contributed by atoms with van der Waals surface area (Å²) < 4.78 is 0. The molecule has 0 fully saturated rings. The lowest BCUT2D eigenvalue weighted by molar-refractivity contribution is -0.141. The number of hydrogen-bond acceptors (Lipinski definition) is 3. The highest BCUT2D eigenvalue weighted by Gasteiger charge is 2.24. The molecule has 6 heteroatoms. The maximum Gasteiger partial charge on any atom is 0.328 e. The van der Waals surface area contributed by atoms with Crippen LogP contribution in [0.4, 0.5) is 4.79 Å². The number of hydrogen-bond donors (Lipinski definition) is 4. The first-order valence-corrected chi connectivity index (χ1v) is 6.92. The van der Waals surface area contributed by atoms with Gasteiger partial charge in [-0.3, -0.25) is 0 Å². The second-order valence-corrected chi connectivity index (χ2v) is 5.06. The predicted octanol–water partition coefficient (Wildman–Crippen LogP) is 1.31. The summed E-state index contributed by atoms with van der Waals surface area (Å²) >= 11 is 0. The van der Waals surface area contributed by atoms with Gasteiger partial charge in [0.05, 0.1) is 6.10 Å². The van der Waals surface area contributed by atoms with Crippen LogP contribution in [-0.2, 0) is 4.79 Å². The van der Waals surface area contributed by atoms with Gasteiger partial charge >= 0.3 is 12.0 Å². The van der Waals surface area contributed by atoms with E-state index < -0.39 is 24.1 Å². The largest absolute Gasteiger partial charge is 0.480 e. The van der Waals surface area contributed by atoms with E-state index in [4.69, 9.17) is 5.11 Å². The molecule has 116 valence electrons. The monoisotopic (exact) mass is 294 g/mol. The number of aliphatic carboxylic acids is 1. The zero-order valence-electron chi connectivity index (χ0n) is 12.2. The second-order valence-electron chi connectivity index (χ2n) is 5.06. The van der Waals surface area contributed by atoms with Crippen molar-refractivity contribution in [2.24, 2.45) is 0 Å². The Morgan fingerprint density at radius 1 is 1.19 bits per heavy atom. The normalized spacial score (nSPS) is 14.8. The molecule has 21 heavy (non-hydrogen) atoms. The van der Waals surface area contributed by atoms with Gasteiger partial charge in [-0.25, -0.2) is 9.59 Å². The first-order valence-electron chi connectivity index (χ1n) is 6.92. The molecule has 0 heterocycles. The summed E-state index contributed by atoms with van der Waals surface area (Å²) in [5.41, 5.74) is 1.19. The predicted molar refractivity (Wildman–Crippen MR) is 79.1 cm³/mol. The minimum absolute atomic E-state index is 0.290. The van der Waals surface area contributed by atoms with Gasteiger partial charge in [0.1, 0.15) is 0 Å². The summed E-state index contributed by atoms with van der Waals surface area (Å²) in [4.78, 5) is 22.4. The molecule has 4 N–H and O–H groups in total. The number of rotatable bonds is 7. The number of urea groups is 1. The molecule has 6 nitrogen and oxygen atoms in total. The Hall–Kier alpha value is -2.08. The highest BCUT2D eigenvalue weighted by Crippen LogP contribution is 2.17.